The molecule has 0 radical (unpaired) electrons. The highest BCUT2D eigenvalue weighted by Gasteiger charge is 2.62. The second-order valence-electron chi connectivity index (χ2n) is 12.1. The van der Waals surface area contributed by atoms with E-state index in [2.05, 4.69) is 26.1 Å². The second kappa shape index (κ2) is 8.90. The number of aliphatic carboxylic acids is 1. The lowest BCUT2D eigenvalue weighted by atomic mass is 9.43. The third-order valence-electron chi connectivity index (χ3n) is 10.7. The number of carboxylic acid groups (broad SMARTS) is 1. The van der Waals surface area contributed by atoms with Gasteiger partial charge in [0.25, 0.3) is 0 Å². The van der Waals surface area contributed by atoms with Gasteiger partial charge in [0.05, 0.1) is 12.2 Å². The van der Waals surface area contributed by atoms with Gasteiger partial charge in [0, 0.05) is 6.42 Å². The van der Waals surface area contributed by atoms with E-state index in [-0.39, 0.29) is 35.5 Å². The number of rotatable bonds is 6. The average Bonchev–Trinajstić information content (AvgIpc) is 3.09. The van der Waals surface area contributed by atoms with Crippen LogP contribution in [0.2, 0.25) is 0 Å². The lowest BCUT2D eigenvalue weighted by molar-refractivity contribution is -0.174. The van der Waals surface area contributed by atoms with Crippen molar-refractivity contribution in [2.75, 3.05) is 6.54 Å². The molecule has 6 nitrogen and oxygen atoms in total. The average molecular weight is 450 g/mol. The predicted octanol–water partition coefficient (Wildman–Crippen LogP) is 3.59. The first-order valence-electron chi connectivity index (χ1n) is 12.9. The number of fused-ring (bicyclic) bond motifs is 5. The van der Waals surface area contributed by atoms with Gasteiger partial charge in [-0.15, -0.1) is 0 Å². The highest BCUT2D eigenvalue weighted by atomic mass is 16.4. The maximum absolute atomic E-state index is 12.0. The molecule has 1 amide bonds. The smallest absolute Gasteiger partial charge is 0.322 e. The van der Waals surface area contributed by atoms with E-state index >= 15 is 0 Å². The van der Waals surface area contributed by atoms with Gasteiger partial charge in [-0.1, -0.05) is 20.8 Å². The molecule has 0 aliphatic heterocycles. The van der Waals surface area contributed by atoms with E-state index in [9.17, 15) is 19.8 Å². The molecule has 0 heterocycles. The highest BCUT2D eigenvalue weighted by Crippen LogP contribution is 2.68. The fourth-order valence-electron chi connectivity index (χ4n) is 9.00. The van der Waals surface area contributed by atoms with Crippen molar-refractivity contribution >= 4 is 11.9 Å². The van der Waals surface area contributed by atoms with E-state index in [1.807, 2.05) is 0 Å². The van der Waals surface area contributed by atoms with Crippen molar-refractivity contribution in [1.29, 1.82) is 0 Å². The van der Waals surface area contributed by atoms with Gasteiger partial charge in [-0.2, -0.15) is 0 Å². The molecule has 182 valence electrons. The minimum atomic E-state index is -1.01. The van der Waals surface area contributed by atoms with E-state index in [0.29, 0.717) is 41.9 Å². The first-order valence-corrected chi connectivity index (χ1v) is 12.9. The van der Waals surface area contributed by atoms with Crippen LogP contribution in [0.5, 0.6) is 0 Å². The molecule has 0 aromatic carbocycles. The zero-order valence-electron chi connectivity index (χ0n) is 20.1. The maximum Gasteiger partial charge on any atom is 0.322 e. The monoisotopic (exact) mass is 449 g/mol. The molecular formula is C26H43NO5. The summed E-state index contributed by atoms with van der Waals surface area (Å²) in [6.45, 7) is 6.83. The molecule has 4 aliphatic rings. The van der Waals surface area contributed by atoms with E-state index in [4.69, 9.17) is 5.11 Å². The van der Waals surface area contributed by atoms with Crippen LogP contribution in [-0.4, -0.2) is 45.9 Å². The lowest BCUT2D eigenvalue weighted by Crippen LogP contribution is -2.58. The van der Waals surface area contributed by atoms with Crippen LogP contribution in [0, 0.1) is 46.3 Å². The Hall–Kier alpha value is -1.14. The van der Waals surface area contributed by atoms with Crippen molar-refractivity contribution in [3.05, 3.63) is 0 Å². The van der Waals surface area contributed by atoms with Crippen LogP contribution in [0.1, 0.15) is 85.0 Å². The van der Waals surface area contributed by atoms with Gasteiger partial charge in [0.2, 0.25) is 5.91 Å². The van der Waals surface area contributed by atoms with Gasteiger partial charge in [0.15, 0.2) is 0 Å². The van der Waals surface area contributed by atoms with Crippen LogP contribution in [0.3, 0.4) is 0 Å². The van der Waals surface area contributed by atoms with Gasteiger partial charge in [-0.25, -0.2) is 0 Å². The van der Waals surface area contributed by atoms with E-state index < -0.39 is 5.97 Å². The first-order chi connectivity index (χ1) is 15.1. The zero-order valence-corrected chi connectivity index (χ0v) is 20.1. The summed E-state index contributed by atoms with van der Waals surface area (Å²) in [4.78, 5) is 22.7. The minimum Gasteiger partial charge on any atom is -0.480 e. The predicted molar refractivity (Wildman–Crippen MR) is 122 cm³/mol. The summed E-state index contributed by atoms with van der Waals surface area (Å²) in [5, 5.41) is 32.8. The van der Waals surface area contributed by atoms with Crippen LogP contribution in [0.25, 0.3) is 0 Å². The number of hydrogen-bond donors (Lipinski definition) is 4. The van der Waals surface area contributed by atoms with E-state index in [0.717, 1.165) is 44.9 Å². The number of nitrogens with one attached hydrogen (secondary N) is 1. The molecule has 0 saturated heterocycles. The van der Waals surface area contributed by atoms with Crippen LogP contribution in [0.15, 0.2) is 0 Å². The van der Waals surface area contributed by atoms with Crippen molar-refractivity contribution in [2.45, 2.75) is 97.2 Å². The summed E-state index contributed by atoms with van der Waals surface area (Å²) in [5.41, 5.74) is 0.451. The molecule has 4 saturated carbocycles. The largest absolute Gasteiger partial charge is 0.480 e. The van der Waals surface area contributed by atoms with Crippen molar-refractivity contribution in [1.82, 2.24) is 5.32 Å². The number of carbonyl (C=O) groups is 2. The standard InChI is InChI=1S/C26H43NO5/c1-15(4-7-22(30)27-14-23(31)32)18-5-6-19-24-20(9-11-26(18,19)3)25(2)10-8-17(28)12-16(25)13-21(24)29/h15-21,24,28-29H,4-14H2,1-3H3,(H,27,30)(H,31,32)/t15?,16?,17-,18?,19+,20+,21-,24+,25?,26?/m1/s1. The maximum atomic E-state index is 12.0. The van der Waals surface area contributed by atoms with Crippen LogP contribution in [-0.2, 0) is 9.59 Å². The Morgan fingerprint density at radius 3 is 2.41 bits per heavy atom. The van der Waals surface area contributed by atoms with Gasteiger partial charge in [-0.05, 0) is 104 Å². The molecule has 5 unspecified atom stereocenters. The van der Waals surface area contributed by atoms with Crippen LogP contribution in [0.4, 0.5) is 0 Å². The topological polar surface area (TPSA) is 107 Å². The van der Waals surface area contributed by atoms with Crippen molar-refractivity contribution in [3.8, 4) is 0 Å². The van der Waals surface area contributed by atoms with Crippen molar-refractivity contribution in [3.63, 3.8) is 0 Å². The molecule has 4 fully saturated rings. The number of amides is 1. The molecule has 10 atom stereocenters. The summed E-state index contributed by atoms with van der Waals surface area (Å²) < 4.78 is 0. The summed E-state index contributed by atoms with van der Waals surface area (Å²) in [7, 11) is 0. The van der Waals surface area contributed by atoms with E-state index in [1.54, 1.807) is 0 Å². The van der Waals surface area contributed by atoms with Gasteiger partial charge < -0.3 is 20.6 Å². The molecule has 0 aromatic heterocycles. The van der Waals surface area contributed by atoms with Crippen molar-refractivity contribution in [2.24, 2.45) is 46.3 Å². The summed E-state index contributed by atoms with van der Waals surface area (Å²) in [6, 6.07) is 0. The number of hydrogen-bond acceptors (Lipinski definition) is 4. The fourth-order valence-corrected chi connectivity index (χ4v) is 9.00. The molecule has 0 spiro atoms. The summed E-state index contributed by atoms with van der Waals surface area (Å²) in [6.07, 6.45) is 9.06. The zero-order chi connectivity index (χ0) is 23.3. The number of carboxylic acids is 1. The van der Waals surface area contributed by atoms with Crippen LogP contribution >= 0.6 is 0 Å². The number of carbonyl (C=O) groups excluding carboxylic acids is 1. The lowest BCUT2D eigenvalue weighted by Gasteiger charge is -2.62. The quantitative estimate of drug-likeness (QED) is 0.496. The molecule has 0 bridgehead atoms. The highest BCUT2D eigenvalue weighted by molar-refractivity contribution is 5.81. The second-order valence-corrected chi connectivity index (χ2v) is 12.1. The third kappa shape index (κ3) is 4.11. The Balaban J connectivity index is 1.44. The molecule has 32 heavy (non-hydrogen) atoms. The molecular weight excluding hydrogens is 406 g/mol. The molecule has 0 aromatic rings. The summed E-state index contributed by atoms with van der Waals surface area (Å²) in [5.74, 6) is 1.66. The van der Waals surface area contributed by atoms with Crippen LogP contribution < -0.4 is 5.32 Å². The summed E-state index contributed by atoms with van der Waals surface area (Å²) >= 11 is 0. The first kappa shape index (κ1) is 24.0. The van der Waals surface area contributed by atoms with Gasteiger partial charge in [0.1, 0.15) is 6.54 Å². The Bertz CT molecular complexity index is 727. The molecule has 6 heteroatoms. The normalized spacial score (nSPS) is 46.5. The SMILES string of the molecule is CC(CCC(=O)NCC(=O)O)C1CC[C@H]2[C@@H]3[C@H](O)CC4C[C@H](O)CCC4(C)[C@H]3CCC12C. The Kier molecular flexibility index (Phi) is 6.68. The minimum absolute atomic E-state index is 0.177. The molecule has 4 N–H and O–H groups in total. The third-order valence-corrected chi connectivity index (χ3v) is 10.7. The Morgan fingerprint density at radius 1 is 1.00 bits per heavy atom. The van der Waals surface area contributed by atoms with Gasteiger partial charge >= 0.3 is 5.97 Å². The number of aliphatic hydroxyl groups excluding tert-OH is 2. The fraction of sp³-hybridized carbons (Fsp3) is 0.923. The Labute approximate surface area is 192 Å². The molecule has 4 aliphatic carbocycles. The molecule has 4 rings (SSSR count). The number of aliphatic hydroxyl groups is 2. The van der Waals surface area contributed by atoms with Crippen molar-refractivity contribution < 1.29 is 24.9 Å². The van der Waals surface area contributed by atoms with Gasteiger partial charge in [-0.3, -0.25) is 9.59 Å². The van der Waals surface area contributed by atoms with E-state index in [1.165, 1.54) is 12.8 Å². The Morgan fingerprint density at radius 2 is 1.69 bits per heavy atom.